The second kappa shape index (κ2) is 8.01. The molecule has 0 radical (unpaired) electrons. The lowest BCUT2D eigenvalue weighted by Crippen LogP contribution is -2.26. The quantitative estimate of drug-likeness (QED) is 0.588. The summed E-state index contributed by atoms with van der Waals surface area (Å²) in [6, 6.07) is 13.1. The molecule has 0 atom stereocenters. The molecular formula is C20H20N2O3S. The molecule has 0 bridgehead atoms. The van der Waals surface area contributed by atoms with Crippen LogP contribution in [-0.2, 0) is 6.54 Å². The lowest BCUT2D eigenvalue weighted by Gasteiger charge is -2.17. The molecule has 0 aliphatic rings. The zero-order valence-corrected chi connectivity index (χ0v) is 15.6. The van der Waals surface area contributed by atoms with Crippen LogP contribution in [0.25, 0.3) is 10.2 Å². The van der Waals surface area contributed by atoms with Crippen molar-refractivity contribution in [1.82, 2.24) is 9.88 Å². The van der Waals surface area contributed by atoms with Crippen LogP contribution in [0.5, 0.6) is 11.5 Å². The maximum absolute atomic E-state index is 12.7. The van der Waals surface area contributed by atoms with Gasteiger partial charge in [0.15, 0.2) is 11.5 Å². The Morgan fingerprint density at radius 2 is 2.08 bits per heavy atom. The van der Waals surface area contributed by atoms with E-state index in [0.717, 1.165) is 15.2 Å². The van der Waals surface area contributed by atoms with Crippen LogP contribution < -0.4 is 9.47 Å². The van der Waals surface area contributed by atoms with E-state index in [0.29, 0.717) is 30.2 Å². The predicted octanol–water partition coefficient (Wildman–Crippen LogP) is 4.14. The van der Waals surface area contributed by atoms with Crippen LogP contribution in [0.3, 0.4) is 0 Å². The van der Waals surface area contributed by atoms with Crippen LogP contribution in [0.1, 0.15) is 15.4 Å². The normalized spacial score (nSPS) is 10.5. The molecule has 1 heterocycles. The minimum atomic E-state index is -0.0992. The predicted molar refractivity (Wildman–Crippen MR) is 104 cm³/mol. The van der Waals surface area contributed by atoms with Gasteiger partial charge in [-0.3, -0.25) is 4.79 Å². The topological polar surface area (TPSA) is 51.7 Å². The van der Waals surface area contributed by atoms with E-state index < -0.39 is 0 Å². The summed E-state index contributed by atoms with van der Waals surface area (Å²) in [7, 11) is 3.32. The number of hydrogen-bond donors (Lipinski definition) is 0. The molecule has 0 spiro atoms. The van der Waals surface area contributed by atoms with E-state index >= 15 is 0 Å². The maximum atomic E-state index is 12.7. The third-order valence-electron chi connectivity index (χ3n) is 3.82. The summed E-state index contributed by atoms with van der Waals surface area (Å²) in [5.74, 6) is 1.00. The summed E-state index contributed by atoms with van der Waals surface area (Å²) >= 11 is 1.60. The minimum Gasteiger partial charge on any atom is -0.493 e. The van der Waals surface area contributed by atoms with Crippen molar-refractivity contribution in [2.24, 2.45) is 0 Å². The number of para-hydroxylation sites is 1. The van der Waals surface area contributed by atoms with E-state index in [1.807, 2.05) is 24.3 Å². The second-order valence-corrected chi connectivity index (χ2v) is 6.82. The maximum Gasteiger partial charge on any atom is 0.254 e. The minimum absolute atomic E-state index is 0.0992. The van der Waals surface area contributed by atoms with Gasteiger partial charge in [0.1, 0.15) is 11.6 Å². The van der Waals surface area contributed by atoms with E-state index in [9.17, 15) is 4.79 Å². The molecule has 0 unspecified atom stereocenters. The van der Waals surface area contributed by atoms with Gasteiger partial charge in [-0.2, -0.15) is 0 Å². The third kappa shape index (κ3) is 3.86. The van der Waals surface area contributed by atoms with Gasteiger partial charge in [-0.25, -0.2) is 4.98 Å². The summed E-state index contributed by atoms with van der Waals surface area (Å²) in [5, 5.41) is 0.903. The number of carbonyl (C=O) groups excluding carboxylic acids is 1. The number of hydrogen-bond acceptors (Lipinski definition) is 5. The van der Waals surface area contributed by atoms with E-state index in [1.165, 1.54) is 0 Å². The number of benzene rings is 2. The van der Waals surface area contributed by atoms with Gasteiger partial charge in [-0.05, 0) is 30.3 Å². The Morgan fingerprint density at radius 1 is 1.27 bits per heavy atom. The zero-order chi connectivity index (χ0) is 18.5. The molecule has 0 aliphatic carbocycles. The highest BCUT2D eigenvalue weighted by Crippen LogP contribution is 2.29. The van der Waals surface area contributed by atoms with Gasteiger partial charge in [0.25, 0.3) is 5.91 Å². The molecule has 2 aromatic carbocycles. The average molecular weight is 368 g/mol. The van der Waals surface area contributed by atoms with Crippen molar-refractivity contribution in [2.75, 3.05) is 20.8 Å². The van der Waals surface area contributed by atoms with Crippen LogP contribution in [-0.4, -0.2) is 36.6 Å². The molecule has 0 aliphatic heterocycles. The SMILES string of the molecule is C=CCOc1ccc(C(=O)N(C)Cc2nc3ccccc3s2)cc1OC. The van der Waals surface area contributed by atoms with E-state index in [4.69, 9.17) is 9.47 Å². The Kier molecular flexibility index (Phi) is 5.53. The molecule has 134 valence electrons. The Bertz CT molecular complexity index is 903. The van der Waals surface area contributed by atoms with Crippen molar-refractivity contribution in [3.05, 3.63) is 65.7 Å². The lowest BCUT2D eigenvalue weighted by molar-refractivity contribution is 0.0784. The standard InChI is InChI=1S/C20H20N2O3S/c1-4-11-25-16-10-9-14(12-17(16)24-3)20(23)22(2)13-19-21-15-7-5-6-8-18(15)26-19/h4-10,12H,1,11,13H2,2-3H3. The Morgan fingerprint density at radius 3 is 2.81 bits per heavy atom. The van der Waals surface area contributed by atoms with Gasteiger partial charge in [0, 0.05) is 12.6 Å². The summed E-state index contributed by atoms with van der Waals surface area (Å²) in [6.45, 7) is 4.45. The first-order valence-corrected chi connectivity index (χ1v) is 8.95. The molecule has 5 nitrogen and oxygen atoms in total. The van der Waals surface area contributed by atoms with Crippen molar-refractivity contribution in [3.8, 4) is 11.5 Å². The van der Waals surface area contributed by atoms with E-state index in [2.05, 4.69) is 11.6 Å². The molecule has 0 saturated carbocycles. The molecule has 3 rings (SSSR count). The summed E-state index contributed by atoms with van der Waals surface area (Å²) < 4.78 is 12.0. The molecule has 1 aromatic heterocycles. The summed E-state index contributed by atoms with van der Waals surface area (Å²) in [5.41, 5.74) is 1.50. The number of amides is 1. The Balaban J connectivity index is 1.75. The van der Waals surface area contributed by atoms with Gasteiger partial charge < -0.3 is 14.4 Å². The highest BCUT2D eigenvalue weighted by atomic mass is 32.1. The van der Waals surface area contributed by atoms with Gasteiger partial charge in [0.2, 0.25) is 0 Å². The fourth-order valence-corrected chi connectivity index (χ4v) is 3.57. The second-order valence-electron chi connectivity index (χ2n) is 5.70. The number of nitrogens with zero attached hydrogens (tertiary/aromatic N) is 2. The molecule has 0 saturated heterocycles. The first-order valence-electron chi connectivity index (χ1n) is 8.14. The molecule has 0 N–H and O–H groups in total. The van der Waals surface area contributed by atoms with Crippen LogP contribution in [0.2, 0.25) is 0 Å². The zero-order valence-electron chi connectivity index (χ0n) is 14.8. The number of aromatic nitrogens is 1. The molecule has 6 heteroatoms. The Labute approximate surface area is 156 Å². The van der Waals surface area contributed by atoms with Crippen LogP contribution in [0, 0.1) is 0 Å². The number of fused-ring (bicyclic) bond motifs is 1. The number of ether oxygens (including phenoxy) is 2. The van der Waals surface area contributed by atoms with Crippen molar-refractivity contribution < 1.29 is 14.3 Å². The molecule has 3 aromatic rings. The van der Waals surface area contributed by atoms with Gasteiger partial charge in [-0.1, -0.05) is 24.8 Å². The number of carbonyl (C=O) groups is 1. The fourth-order valence-electron chi connectivity index (χ4n) is 2.55. The van der Waals surface area contributed by atoms with Crippen molar-refractivity contribution in [2.45, 2.75) is 6.54 Å². The number of methoxy groups -OCH3 is 1. The van der Waals surface area contributed by atoms with Gasteiger partial charge >= 0.3 is 0 Å². The first-order chi connectivity index (χ1) is 12.6. The first kappa shape index (κ1) is 17.9. The largest absolute Gasteiger partial charge is 0.493 e. The molecular weight excluding hydrogens is 348 g/mol. The molecule has 26 heavy (non-hydrogen) atoms. The van der Waals surface area contributed by atoms with Crippen molar-refractivity contribution >= 4 is 27.5 Å². The van der Waals surface area contributed by atoms with Crippen molar-refractivity contribution in [3.63, 3.8) is 0 Å². The van der Waals surface area contributed by atoms with Crippen molar-refractivity contribution in [1.29, 1.82) is 0 Å². The van der Waals surface area contributed by atoms with E-state index in [1.54, 1.807) is 54.7 Å². The summed E-state index contributed by atoms with van der Waals surface area (Å²) in [6.07, 6.45) is 1.66. The highest BCUT2D eigenvalue weighted by Gasteiger charge is 2.16. The smallest absolute Gasteiger partial charge is 0.254 e. The molecule has 0 fully saturated rings. The highest BCUT2D eigenvalue weighted by molar-refractivity contribution is 7.18. The average Bonchev–Trinajstić information content (AvgIpc) is 3.07. The van der Waals surface area contributed by atoms with Gasteiger partial charge in [-0.15, -0.1) is 11.3 Å². The van der Waals surface area contributed by atoms with Gasteiger partial charge in [0.05, 0.1) is 23.9 Å². The lowest BCUT2D eigenvalue weighted by atomic mass is 10.1. The molecule has 1 amide bonds. The third-order valence-corrected chi connectivity index (χ3v) is 4.85. The van der Waals surface area contributed by atoms with Crippen LogP contribution in [0.4, 0.5) is 0 Å². The number of rotatable bonds is 7. The van der Waals surface area contributed by atoms with E-state index in [-0.39, 0.29) is 5.91 Å². The fraction of sp³-hybridized carbons (Fsp3) is 0.200. The Hall–Kier alpha value is -2.86. The summed E-state index contributed by atoms with van der Waals surface area (Å²) in [4.78, 5) is 19.0. The monoisotopic (exact) mass is 368 g/mol. The van der Waals surface area contributed by atoms with Crippen LogP contribution in [0.15, 0.2) is 55.1 Å². The number of thiazole rings is 1. The van der Waals surface area contributed by atoms with Crippen LogP contribution >= 0.6 is 11.3 Å².